The molecule has 0 unspecified atom stereocenters. The number of benzene rings is 1. The Bertz CT molecular complexity index is 1010. The Morgan fingerprint density at radius 3 is 2.54 bits per heavy atom. The van der Waals surface area contributed by atoms with Crippen LogP contribution in [0.15, 0.2) is 24.3 Å². The largest absolute Gasteiger partial charge is 0.311 e. The molecule has 0 spiro atoms. The summed E-state index contributed by atoms with van der Waals surface area (Å²) in [5, 5.41) is 8.32. The molecule has 1 atom stereocenters. The lowest BCUT2D eigenvalue weighted by molar-refractivity contribution is -0.115. The molecule has 6 nitrogen and oxygen atoms in total. The van der Waals surface area contributed by atoms with E-state index >= 15 is 0 Å². The number of nitrogens with one attached hydrogen (secondary N) is 1. The molecule has 0 bridgehead atoms. The molecule has 1 aromatic heterocycles. The third-order valence-corrected chi connectivity index (χ3v) is 7.16. The van der Waals surface area contributed by atoms with Crippen LogP contribution < -0.4 is 5.32 Å². The van der Waals surface area contributed by atoms with Crippen molar-refractivity contribution in [1.82, 2.24) is 9.78 Å². The zero-order valence-electron chi connectivity index (χ0n) is 16.0. The van der Waals surface area contributed by atoms with Gasteiger partial charge < -0.3 is 5.32 Å². The lowest BCUT2D eigenvalue weighted by Gasteiger charge is -2.15. The molecular formula is C19H23Cl2N3O3S. The minimum atomic E-state index is -3.07. The normalized spacial score (nSPS) is 19.0. The number of hydrogen-bond donors (Lipinski definition) is 1. The molecule has 1 aliphatic heterocycles. The van der Waals surface area contributed by atoms with Gasteiger partial charge in [0.2, 0.25) is 5.91 Å². The highest BCUT2D eigenvalue weighted by Gasteiger charge is 2.32. The van der Waals surface area contributed by atoms with Gasteiger partial charge in [-0.05, 0) is 24.1 Å². The number of halogens is 2. The minimum absolute atomic E-state index is 0.0356. The third kappa shape index (κ3) is 4.88. The summed E-state index contributed by atoms with van der Waals surface area (Å²) in [4.78, 5) is 12.6. The zero-order valence-corrected chi connectivity index (χ0v) is 18.3. The molecule has 2 heterocycles. The van der Waals surface area contributed by atoms with Crippen molar-refractivity contribution < 1.29 is 13.2 Å². The topological polar surface area (TPSA) is 81.1 Å². The van der Waals surface area contributed by atoms with Crippen LogP contribution in [0.2, 0.25) is 10.0 Å². The van der Waals surface area contributed by atoms with Crippen LogP contribution in [0.5, 0.6) is 0 Å². The van der Waals surface area contributed by atoms with E-state index in [-0.39, 0.29) is 35.3 Å². The number of aromatic nitrogens is 2. The quantitative estimate of drug-likeness (QED) is 0.772. The predicted molar refractivity (Wildman–Crippen MR) is 112 cm³/mol. The van der Waals surface area contributed by atoms with Crippen molar-refractivity contribution >= 4 is 44.8 Å². The molecule has 1 N–H and O–H groups in total. The third-order valence-electron chi connectivity index (χ3n) is 4.67. The first kappa shape index (κ1) is 21.1. The van der Waals surface area contributed by atoms with E-state index in [1.54, 1.807) is 22.9 Å². The number of carbonyl (C=O) groups excluding carboxylic acids is 1. The molecule has 0 saturated carbocycles. The Morgan fingerprint density at radius 1 is 1.25 bits per heavy atom. The van der Waals surface area contributed by atoms with Gasteiger partial charge in [0, 0.05) is 11.5 Å². The molecule has 1 aromatic carbocycles. The van der Waals surface area contributed by atoms with Crippen LogP contribution in [-0.4, -0.2) is 35.6 Å². The maximum absolute atomic E-state index is 12.6. The van der Waals surface area contributed by atoms with Crippen LogP contribution in [0.4, 0.5) is 5.82 Å². The molecule has 0 aliphatic carbocycles. The average Bonchev–Trinajstić information content (AvgIpc) is 3.13. The Hall–Kier alpha value is -1.57. The molecule has 1 saturated heterocycles. The summed E-state index contributed by atoms with van der Waals surface area (Å²) in [7, 11) is -3.07. The Kier molecular flexibility index (Phi) is 5.81. The molecule has 2 aromatic rings. The van der Waals surface area contributed by atoms with Gasteiger partial charge >= 0.3 is 0 Å². The summed E-state index contributed by atoms with van der Waals surface area (Å²) in [6, 6.07) is 6.59. The Morgan fingerprint density at radius 2 is 1.96 bits per heavy atom. The fourth-order valence-corrected chi connectivity index (χ4v) is 5.14. The number of rotatable bonds is 4. The van der Waals surface area contributed by atoms with Gasteiger partial charge in [-0.15, -0.1) is 0 Å². The second-order valence-corrected chi connectivity index (χ2v) is 11.2. The molecule has 3 rings (SSSR count). The van der Waals surface area contributed by atoms with E-state index < -0.39 is 9.84 Å². The summed E-state index contributed by atoms with van der Waals surface area (Å²) in [5.41, 5.74) is 1.30. The molecule has 152 valence electrons. The van der Waals surface area contributed by atoms with E-state index in [4.69, 9.17) is 23.2 Å². The van der Waals surface area contributed by atoms with Gasteiger partial charge in [0.05, 0.1) is 39.7 Å². The van der Waals surface area contributed by atoms with E-state index in [0.29, 0.717) is 22.3 Å². The van der Waals surface area contributed by atoms with Gasteiger partial charge in [0.15, 0.2) is 9.84 Å². The van der Waals surface area contributed by atoms with Gasteiger partial charge in [-0.3, -0.25) is 4.79 Å². The van der Waals surface area contributed by atoms with Gasteiger partial charge in [0.25, 0.3) is 0 Å². The SMILES string of the molecule is CC(C)(C)c1cc(NC(=O)Cc2ccc(Cl)c(Cl)c2)n([C@@H]2CCS(=O)(=O)C2)n1. The summed E-state index contributed by atoms with van der Waals surface area (Å²) in [6.07, 6.45) is 0.610. The average molecular weight is 444 g/mol. The highest BCUT2D eigenvalue weighted by Crippen LogP contribution is 2.31. The van der Waals surface area contributed by atoms with E-state index in [1.165, 1.54) is 0 Å². The van der Waals surface area contributed by atoms with Crippen LogP contribution >= 0.6 is 23.2 Å². The second-order valence-electron chi connectivity index (χ2n) is 8.14. The monoisotopic (exact) mass is 443 g/mol. The van der Waals surface area contributed by atoms with Gasteiger partial charge in [-0.1, -0.05) is 50.0 Å². The summed E-state index contributed by atoms with van der Waals surface area (Å²) < 4.78 is 25.5. The lowest BCUT2D eigenvalue weighted by Crippen LogP contribution is -2.21. The zero-order chi connectivity index (χ0) is 20.7. The number of sulfone groups is 1. The highest BCUT2D eigenvalue weighted by molar-refractivity contribution is 7.91. The van der Waals surface area contributed by atoms with E-state index in [0.717, 1.165) is 11.3 Å². The van der Waals surface area contributed by atoms with Gasteiger partial charge in [0.1, 0.15) is 5.82 Å². The molecule has 0 radical (unpaired) electrons. The first-order valence-corrected chi connectivity index (χ1v) is 11.6. The van der Waals surface area contributed by atoms with Crippen LogP contribution in [-0.2, 0) is 26.5 Å². The lowest BCUT2D eigenvalue weighted by atomic mass is 9.92. The smallest absolute Gasteiger partial charge is 0.229 e. The fraction of sp³-hybridized carbons (Fsp3) is 0.474. The number of anilines is 1. The van der Waals surface area contributed by atoms with Crippen molar-refractivity contribution in [3.63, 3.8) is 0 Å². The standard InChI is InChI=1S/C19H23Cl2N3O3S/c1-19(2,3)16-10-17(24(23-16)13-6-7-28(26,27)11-13)22-18(25)9-12-4-5-14(20)15(21)8-12/h4-5,8,10,13H,6-7,9,11H2,1-3H3,(H,22,25)/t13-/m1/s1. The highest BCUT2D eigenvalue weighted by atomic mass is 35.5. The Balaban J connectivity index is 1.84. The predicted octanol–water partition coefficient (Wildman–Crippen LogP) is 4.03. The number of amides is 1. The van der Waals surface area contributed by atoms with E-state index in [9.17, 15) is 13.2 Å². The van der Waals surface area contributed by atoms with Crippen molar-refractivity contribution in [2.75, 3.05) is 16.8 Å². The molecule has 1 amide bonds. The van der Waals surface area contributed by atoms with Crippen molar-refractivity contribution in [3.8, 4) is 0 Å². The first-order chi connectivity index (χ1) is 12.9. The van der Waals surface area contributed by atoms with Crippen molar-refractivity contribution in [3.05, 3.63) is 45.6 Å². The van der Waals surface area contributed by atoms with Crippen LogP contribution in [0.1, 0.15) is 44.5 Å². The van der Waals surface area contributed by atoms with Crippen LogP contribution in [0.25, 0.3) is 0 Å². The van der Waals surface area contributed by atoms with Crippen molar-refractivity contribution in [2.24, 2.45) is 0 Å². The first-order valence-electron chi connectivity index (χ1n) is 8.99. The maximum Gasteiger partial charge on any atom is 0.229 e. The number of carbonyl (C=O) groups is 1. The molecule has 28 heavy (non-hydrogen) atoms. The molecular weight excluding hydrogens is 421 g/mol. The second kappa shape index (κ2) is 7.69. The molecule has 9 heteroatoms. The number of hydrogen-bond acceptors (Lipinski definition) is 4. The van der Waals surface area contributed by atoms with Crippen molar-refractivity contribution in [2.45, 2.75) is 45.1 Å². The van der Waals surface area contributed by atoms with E-state index in [1.807, 2.05) is 26.8 Å². The fourth-order valence-electron chi connectivity index (χ4n) is 3.12. The summed E-state index contributed by atoms with van der Waals surface area (Å²) >= 11 is 11.9. The van der Waals surface area contributed by atoms with Crippen LogP contribution in [0, 0.1) is 0 Å². The van der Waals surface area contributed by atoms with E-state index in [2.05, 4.69) is 10.4 Å². The minimum Gasteiger partial charge on any atom is -0.311 e. The van der Waals surface area contributed by atoms with Crippen molar-refractivity contribution in [1.29, 1.82) is 0 Å². The van der Waals surface area contributed by atoms with Crippen LogP contribution in [0.3, 0.4) is 0 Å². The summed E-state index contributed by atoms with van der Waals surface area (Å²) in [6.45, 7) is 6.06. The molecule has 1 aliphatic rings. The molecule has 1 fully saturated rings. The summed E-state index contributed by atoms with van der Waals surface area (Å²) in [5.74, 6) is 0.449. The van der Waals surface area contributed by atoms with Gasteiger partial charge in [-0.25, -0.2) is 13.1 Å². The van der Waals surface area contributed by atoms with Gasteiger partial charge in [-0.2, -0.15) is 5.10 Å². The maximum atomic E-state index is 12.6. The Labute approximate surface area is 175 Å². The number of nitrogens with zero attached hydrogens (tertiary/aromatic N) is 2.